The first-order valence-electron chi connectivity index (χ1n) is 11.6. The van der Waals surface area contributed by atoms with Crippen LogP contribution in [0.3, 0.4) is 0 Å². The molecule has 178 valence electrons. The van der Waals surface area contributed by atoms with Crippen molar-refractivity contribution in [2.45, 2.75) is 123 Å². The van der Waals surface area contributed by atoms with Gasteiger partial charge in [-0.15, -0.1) is 0 Å². The standard InChI is InChI=1S/C20H43NO.C2H6O4S/c1-4-6-7-8-9-10-11-12-13-14-15-16-17-18-19-21-20(3,22)5-2;1-5-7(3,4)6-2/h21-22H,4-19H2,1-3H3;1-2H3. The average Bonchev–Trinajstić information content (AvgIpc) is 2.71. The molecular weight excluding hydrogens is 390 g/mol. The van der Waals surface area contributed by atoms with Crippen molar-refractivity contribution in [1.82, 2.24) is 5.32 Å². The van der Waals surface area contributed by atoms with Crippen LogP contribution in [0.5, 0.6) is 0 Å². The smallest absolute Gasteiger partial charge is 0.376 e. The van der Waals surface area contributed by atoms with Crippen LogP contribution in [-0.4, -0.2) is 40.0 Å². The molecule has 0 saturated carbocycles. The first-order chi connectivity index (χ1) is 13.7. The Morgan fingerprint density at radius 2 is 1.07 bits per heavy atom. The number of unbranched alkanes of at least 4 members (excludes halogenated alkanes) is 13. The molecule has 0 radical (unpaired) electrons. The van der Waals surface area contributed by atoms with Gasteiger partial charge in [0.2, 0.25) is 0 Å². The lowest BCUT2D eigenvalue weighted by Crippen LogP contribution is -2.41. The molecule has 0 aromatic rings. The van der Waals surface area contributed by atoms with Gasteiger partial charge in [0, 0.05) is 0 Å². The summed E-state index contributed by atoms with van der Waals surface area (Å²) in [5.74, 6) is 0. The second-order valence-corrected chi connectivity index (χ2v) is 9.38. The van der Waals surface area contributed by atoms with Crippen LogP contribution in [0.15, 0.2) is 0 Å². The molecule has 2 N–H and O–H groups in total. The molecule has 0 aliphatic carbocycles. The van der Waals surface area contributed by atoms with E-state index in [1.165, 1.54) is 89.9 Å². The molecule has 0 amide bonds. The predicted molar refractivity (Wildman–Crippen MR) is 122 cm³/mol. The molecule has 0 aliphatic heterocycles. The maximum absolute atomic E-state index is 9.92. The van der Waals surface area contributed by atoms with Gasteiger partial charge in [-0.2, -0.15) is 8.42 Å². The summed E-state index contributed by atoms with van der Waals surface area (Å²) >= 11 is 0. The molecule has 0 aliphatic rings. The van der Waals surface area contributed by atoms with Gasteiger partial charge in [-0.05, 0) is 26.3 Å². The summed E-state index contributed by atoms with van der Waals surface area (Å²) in [4.78, 5) is 0. The molecule has 0 saturated heterocycles. The summed E-state index contributed by atoms with van der Waals surface area (Å²) in [5, 5.41) is 13.0. The topological polar surface area (TPSA) is 84.9 Å². The van der Waals surface area contributed by atoms with Gasteiger partial charge in [0.15, 0.2) is 0 Å². The van der Waals surface area contributed by atoms with Crippen molar-refractivity contribution in [2.24, 2.45) is 0 Å². The van der Waals surface area contributed by atoms with Crippen molar-refractivity contribution in [2.75, 3.05) is 20.8 Å². The van der Waals surface area contributed by atoms with Crippen molar-refractivity contribution in [3.8, 4) is 0 Å². The summed E-state index contributed by atoms with van der Waals surface area (Å²) in [5.41, 5.74) is -0.670. The second-order valence-electron chi connectivity index (χ2n) is 7.89. The van der Waals surface area contributed by atoms with Crippen molar-refractivity contribution in [3.05, 3.63) is 0 Å². The zero-order valence-corrected chi connectivity index (χ0v) is 20.6. The van der Waals surface area contributed by atoms with Gasteiger partial charge < -0.3 is 5.11 Å². The van der Waals surface area contributed by atoms with E-state index in [4.69, 9.17) is 0 Å². The van der Waals surface area contributed by atoms with Gasteiger partial charge >= 0.3 is 10.4 Å². The van der Waals surface area contributed by atoms with Crippen molar-refractivity contribution in [1.29, 1.82) is 0 Å². The molecule has 1 atom stereocenters. The Morgan fingerprint density at radius 3 is 1.34 bits per heavy atom. The van der Waals surface area contributed by atoms with Crippen LogP contribution in [-0.2, 0) is 18.8 Å². The lowest BCUT2D eigenvalue weighted by atomic mass is 10.0. The summed E-state index contributed by atoms with van der Waals surface area (Å²) in [6.45, 7) is 7.10. The van der Waals surface area contributed by atoms with Gasteiger partial charge in [-0.3, -0.25) is 13.7 Å². The third-order valence-corrected chi connectivity index (χ3v) is 5.95. The van der Waals surface area contributed by atoms with Crippen molar-refractivity contribution >= 4 is 10.4 Å². The van der Waals surface area contributed by atoms with E-state index in [0.29, 0.717) is 0 Å². The Bertz CT molecular complexity index is 417. The molecule has 0 rings (SSSR count). The normalized spacial score (nSPS) is 13.6. The van der Waals surface area contributed by atoms with E-state index in [2.05, 4.69) is 20.6 Å². The molecule has 0 bridgehead atoms. The van der Waals surface area contributed by atoms with E-state index in [0.717, 1.165) is 27.2 Å². The van der Waals surface area contributed by atoms with Crippen LogP contribution in [0.2, 0.25) is 0 Å². The first-order valence-corrected chi connectivity index (χ1v) is 12.9. The monoisotopic (exact) mass is 439 g/mol. The summed E-state index contributed by atoms with van der Waals surface area (Å²) in [6.07, 6.45) is 20.3. The van der Waals surface area contributed by atoms with E-state index in [1.807, 2.05) is 13.8 Å². The van der Waals surface area contributed by atoms with Gasteiger partial charge in [-0.25, -0.2) is 0 Å². The minimum absolute atomic E-state index is 0.670. The molecule has 0 aromatic carbocycles. The molecule has 0 aromatic heterocycles. The molecule has 29 heavy (non-hydrogen) atoms. The Kier molecular flexibility index (Phi) is 22.5. The summed E-state index contributed by atoms with van der Waals surface area (Å²) in [6, 6.07) is 0. The molecule has 6 nitrogen and oxygen atoms in total. The molecular formula is C22H49NO5S. The van der Waals surface area contributed by atoms with Crippen molar-refractivity contribution in [3.63, 3.8) is 0 Å². The largest absolute Gasteiger partial charge is 0.399 e. The van der Waals surface area contributed by atoms with Crippen LogP contribution in [0.1, 0.15) is 117 Å². The molecule has 0 fully saturated rings. The number of nitrogens with one attached hydrogen (secondary N) is 1. The van der Waals surface area contributed by atoms with Crippen LogP contribution in [0.25, 0.3) is 0 Å². The van der Waals surface area contributed by atoms with Crippen LogP contribution in [0.4, 0.5) is 0 Å². The van der Waals surface area contributed by atoms with E-state index >= 15 is 0 Å². The highest BCUT2D eigenvalue weighted by molar-refractivity contribution is 7.81. The third kappa shape index (κ3) is 25.8. The van der Waals surface area contributed by atoms with E-state index in [1.54, 1.807) is 0 Å². The zero-order valence-electron chi connectivity index (χ0n) is 19.8. The Balaban J connectivity index is 0. The van der Waals surface area contributed by atoms with Gasteiger partial charge in [0.25, 0.3) is 0 Å². The maximum atomic E-state index is 9.92. The SMILES string of the molecule is CCCCCCCCCCCCCCCCNC(C)(O)CC.COS(=O)(=O)OC. The van der Waals surface area contributed by atoms with E-state index in [-0.39, 0.29) is 0 Å². The minimum atomic E-state index is -3.66. The van der Waals surface area contributed by atoms with Crippen LogP contribution < -0.4 is 5.32 Å². The lowest BCUT2D eigenvalue weighted by Gasteiger charge is -2.22. The highest BCUT2D eigenvalue weighted by Gasteiger charge is 2.14. The Morgan fingerprint density at radius 1 is 0.724 bits per heavy atom. The average molecular weight is 440 g/mol. The number of aliphatic hydroxyl groups is 1. The quantitative estimate of drug-likeness (QED) is 0.198. The van der Waals surface area contributed by atoms with Gasteiger partial charge in [0.05, 0.1) is 14.2 Å². The fourth-order valence-corrected chi connectivity index (χ4v) is 3.01. The van der Waals surface area contributed by atoms with Crippen molar-refractivity contribution < 1.29 is 21.9 Å². The van der Waals surface area contributed by atoms with Crippen LogP contribution >= 0.6 is 0 Å². The molecule has 7 heteroatoms. The second kappa shape index (κ2) is 21.0. The minimum Gasteiger partial charge on any atom is -0.376 e. The zero-order chi connectivity index (χ0) is 22.4. The van der Waals surface area contributed by atoms with E-state index in [9.17, 15) is 13.5 Å². The Labute approximate surface area is 181 Å². The molecule has 1 unspecified atom stereocenters. The lowest BCUT2D eigenvalue weighted by molar-refractivity contribution is 0.0203. The van der Waals surface area contributed by atoms with Gasteiger partial charge in [0.1, 0.15) is 5.72 Å². The molecule has 0 spiro atoms. The highest BCUT2D eigenvalue weighted by atomic mass is 32.3. The Hall–Kier alpha value is -0.210. The van der Waals surface area contributed by atoms with Crippen LogP contribution in [0, 0.1) is 0 Å². The number of hydrogen-bond donors (Lipinski definition) is 2. The first kappa shape index (κ1) is 31.0. The molecule has 0 heterocycles. The van der Waals surface area contributed by atoms with E-state index < -0.39 is 16.1 Å². The maximum Gasteiger partial charge on any atom is 0.399 e. The number of rotatable bonds is 19. The third-order valence-electron chi connectivity index (χ3n) is 5.13. The van der Waals surface area contributed by atoms with Gasteiger partial charge in [-0.1, -0.05) is 97.3 Å². The highest BCUT2D eigenvalue weighted by Crippen LogP contribution is 2.13. The summed E-state index contributed by atoms with van der Waals surface area (Å²) in [7, 11) is -1.60. The fourth-order valence-electron chi connectivity index (χ4n) is 2.87. The number of hydrogen-bond acceptors (Lipinski definition) is 6. The predicted octanol–water partition coefficient (Wildman–Crippen LogP) is 5.70. The summed E-state index contributed by atoms with van der Waals surface area (Å²) < 4.78 is 27.5. The fraction of sp³-hybridized carbons (Fsp3) is 1.00.